The fraction of sp³-hybridized carbons (Fsp3) is 0.154. The molecule has 0 saturated carbocycles. The monoisotopic (exact) mass is 348 g/mol. The van der Waals surface area contributed by atoms with Crippen molar-refractivity contribution in [2.75, 3.05) is 0 Å². The lowest BCUT2D eigenvalue weighted by molar-refractivity contribution is 0.0991. The molecule has 1 heterocycles. The van der Waals surface area contributed by atoms with Crippen LogP contribution in [0.5, 0.6) is 0 Å². The van der Waals surface area contributed by atoms with Crippen molar-refractivity contribution in [1.82, 2.24) is 0 Å². The van der Waals surface area contributed by atoms with Gasteiger partial charge in [-0.2, -0.15) is 0 Å². The Hall–Kier alpha value is -0.880. The maximum atomic E-state index is 12.3. The number of hydrogen-bond acceptors (Lipinski definition) is 4. The average Bonchev–Trinajstić information content (AvgIpc) is 2.91. The predicted octanol–water partition coefficient (Wildman–Crippen LogP) is 4.10. The Morgan fingerprint density at radius 2 is 1.95 bits per heavy atom. The van der Waals surface area contributed by atoms with E-state index in [1.165, 1.54) is 31.2 Å². The third-order valence-electron chi connectivity index (χ3n) is 2.81. The van der Waals surface area contributed by atoms with Crippen molar-refractivity contribution in [3.05, 3.63) is 51.3 Å². The number of Topliss-reactive ketones (excluding diaryl/α,β-unsaturated/α-hetero) is 1. The van der Waals surface area contributed by atoms with Gasteiger partial charge in [0.15, 0.2) is 15.6 Å². The van der Waals surface area contributed by atoms with E-state index in [0.29, 0.717) is 5.02 Å². The number of sulfone groups is 1. The summed E-state index contributed by atoms with van der Waals surface area (Å²) < 4.78 is 24.8. The van der Waals surface area contributed by atoms with Gasteiger partial charge < -0.3 is 0 Å². The minimum Gasteiger partial charge on any atom is -0.293 e. The zero-order valence-electron chi connectivity index (χ0n) is 10.3. The first-order chi connectivity index (χ1) is 9.34. The summed E-state index contributed by atoms with van der Waals surface area (Å²) in [6.45, 7) is 1.36. The first-order valence-electron chi connectivity index (χ1n) is 5.60. The molecule has 0 amide bonds. The van der Waals surface area contributed by atoms with E-state index in [4.69, 9.17) is 23.2 Å². The first kappa shape index (κ1) is 15.5. The summed E-state index contributed by atoms with van der Waals surface area (Å²) in [7, 11) is -3.69. The molecule has 0 aliphatic rings. The van der Waals surface area contributed by atoms with E-state index in [-0.39, 0.29) is 14.8 Å². The number of thiophene rings is 1. The molecule has 0 fully saturated rings. The second-order valence-corrected chi connectivity index (χ2v) is 8.39. The fourth-order valence-electron chi connectivity index (χ4n) is 1.65. The van der Waals surface area contributed by atoms with Crippen molar-refractivity contribution in [2.45, 2.75) is 16.4 Å². The summed E-state index contributed by atoms with van der Waals surface area (Å²) in [5.74, 6) is -0.542. The van der Waals surface area contributed by atoms with Crippen LogP contribution in [0.25, 0.3) is 0 Å². The van der Waals surface area contributed by atoms with Crippen molar-refractivity contribution >= 4 is 50.2 Å². The molecule has 7 heteroatoms. The minimum absolute atomic E-state index is 0.149. The molecule has 1 aromatic heterocycles. The number of benzene rings is 1. The molecule has 2 rings (SSSR count). The van der Waals surface area contributed by atoms with E-state index >= 15 is 0 Å². The number of carbonyl (C=O) groups is 1. The predicted molar refractivity (Wildman–Crippen MR) is 81.8 cm³/mol. The zero-order valence-corrected chi connectivity index (χ0v) is 13.5. The van der Waals surface area contributed by atoms with Gasteiger partial charge in [-0.05, 0) is 36.6 Å². The van der Waals surface area contributed by atoms with Crippen molar-refractivity contribution in [2.24, 2.45) is 0 Å². The lowest BCUT2D eigenvalue weighted by Crippen LogP contribution is -2.27. The van der Waals surface area contributed by atoms with Crippen LogP contribution in [0.2, 0.25) is 10.0 Å². The molecular weight excluding hydrogens is 339 g/mol. The minimum atomic E-state index is -3.69. The smallest absolute Gasteiger partial charge is 0.197 e. The maximum Gasteiger partial charge on any atom is 0.197 e. The number of ketones is 1. The highest BCUT2D eigenvalue weighted by molar-refractivity contribution is 7.94. The lowest BCUT2D eigenvalue weighted by Gasteiger charge is -2.11. The Bertz CT molecular complexity index is 737. The van der Waals surface area contributed by atoms with Gasteiger partial charge in [0.25, 0.3) is 0 Å². The van der Waals surface area contributed by atoms with Gasteiger partial charge in [-0.15, -0.1) is 11.3 Å². The largest absolute Gasteiger partial charge is 0.293 e. The summed E-state index contributed by atoms with van der Waals surface area (Å²) in [6, 6.07) is 7.47. The van der Waals surface area contributed by atoms with E-state index in [0.717, 1.165) is 11.3 Å². The molecule has 3 nitrogen and oxygen atoms in total. The van der Waals surface area contributed by atoms with Crippen LogP contribution in [0.1, 0.15) is 17.3 Å². The van der Waals surface area contributed by atoms with Crippen molar-refractivity contribution in [1.29, 1.82) is 0 Å². The highest BCUT2D eigenvalue weighted by Gasteiger charge is 2.32. The summed E-state index contributed by atoms with van der Waals surface area (Å²) in [5, 5.41) is 0.996. The Kier molecular flexibility index (Phi) is 4.54. The maximum absolute atomic E-state index is 12.3. The van der Waals surface area contributed by atoms with E-state index in [9.17, 15) is 13.2 Å². The lowest BCUT2D eigenvalue weighted by atomic mass is 10.1. The molecular formula is C13H10Cl2O3S2. The third kappa shape index (κ3) is 2.91. The molecule has 0 spiro atoms. The number of carbonyl (C=O) groups excluding carboxylic acids is 1. The number of halogens is 2. The normalized spacial score (nSPS) is 13.2. The van der Waals surface area contributed by atoms with Gasteiger partial charge >= 0.3 is 0 Å². The van der Waals surface area contributed by atoms with E-state index in [1.807, 2.05) is 0 Å². The van der Waals surface area contributed by atoms with Crippen molar-refractivity contribution < 1.29 is 13.2 Å². The fourth-order valence-corrected chi connectivity index (χ4v) is 4.76. The van der Waals surface area contributed by atoms with Crippen LogP contribution in [0.4, 0.5) is 0 Å². The molecule has 0 radical (unpaired) electrons. The van der Waals surface area contributed by atoms with Crippen LogP contribution in [0.15, 0.2) is 39.9 Å². The van der Waals surface area contributed by atoms with Gasteiger partial charge in [0.05, 0.1) is 5.02 Å². The molecule has 0 aliphatic carbocycles. The Morgan fingerprint density at radius 1 is 1.25 bits per heavy atom. The molecule has 0 bridgehead atoms. The molecule has 0 aliphatic heterocycles. The summed E-state index contributed by atoms with van der Waals surface area (Å²) in [6.07, 6.45) is 0. The van der Waals surface area contributed by atoms with Gasteiger partial charge in [0, 0.05) is 10.6 Å². The SMILES string of the molecule is CC(C(=O)c1ccc(Cl)cc1Cl)S(=O)(=O)c1cccs1. The standard InChI is InChI=1S/C13H10Cl2O3S2/c1-8(20(17,18)12-3-2-6-19-12)13(16)10-5-4-9(14)7-11(10)15/h2-8H,1H3. The molecule has 1 unspecified atom stereocenters. The van der Waals surface area contributed by atoms with Crippen LogP contribution in [-0.2, 0) is 9.84 Å². The number of hydrogen-bond donors (Lipinski definition) is 0. The quantitative estimate of drug-likeness (QED) is 0.781. The van der Waals surface area contributed by atoms with E-state index in [1.54, 1.807) is 11.4 Å². The van der Waals surface area contributed by atoms with Crippen LogP contribution in [0.3, 0.4) is 0 Å². The summed E-state index contributed by atoms with van der Waals surface area (Å²) >= 11 is 12.8. The zero-order chi connectivity index (χ0) is 14.9. The first-order valence-corrected chi connectivity index (χ1v) is 8.79. The second kappa shape index (κ2) is 5.85. The molecule has 1 atom stereocenters. The van der Waals surface area contributed by atoms with Gasteiger partial charge in [0.2, 0.25) is 0 Å². The Balaban J connectivity index is 2.39. The molecule has 0 N–H and O–H groups in total. The average molecular weight is 349 g/mol. The van der Waals surface area contributed by atoms with Crippen LogP contribution >= 0.6 is 34.5 Å². The molecule has 20 heavy (non-hydrogen) atoms. The number of rotatable bonds is 4. The molecule has 0 saturated heterocycles. The van der Waals surface area contributed by atoms with Gasteiger partial charge in [-0.3, -0.25) is 4.79 Å². The van der Waals surface area contributed by atoms with Crippen molar-refractivity contribution in [3.8, 4) is 0 Å². The third-order valence-corrected chi connectivity index (χ3v) is 6.84. The summed E-state index contributed by atoms with van der Waals surface area (Å²) in [4.78, 5) is 12.3. The Morgan fingerprint density at radius 3 is 2.50 bits per heavy atom. The van der Waals surface area contributed by atoms with E-state index < -0.39 is 20.9 Å². The second-order valence-electron chi connectivity index (χ2n) is 4.11. The molecule has 2 aromatic rings. The van der Waals surface area contributed by atoms with Crippen LogP contribution in [0, 0.1) is 0 Å². The Labute approximate surface area is 131 Å². The highest BCUT2D eigenvalue weighted by atomic mass is 35.5. The van der Waals surface area contributed by atoms with Gasteiger partial charge in [-0.1, -0.05) is 29.3 Å². The van der Waals surface area contributed by atoms with Gasteiger partial charge in [-0.25, -0.2) is 8.42 Å². The van der Waals surface area contributed by atoms with Crippen molar-refractivity contribution in [3.63, 3.8) is 0 Å². The van der Waals surface area contributed by atoms with E-state index in [2.05, 4.69) is 0 Å². The van der Waals surface area contributed by atoms with Crippen LogP contribution < -0.4 is 0 Å². The molecule has 1 aromatic carbocycles. The molecule has 106 valence electrons. The van der Waals surface area contributed by atoms with Gasteiger partial charge in [0.1, 0.15) is 9.46 Å². The van der Waals surface area contributed by atoms with Crippen LogP contribution in [-0.4, -0.2) is 19.5 Å². The summed E-state index contributed by atoms with van der Waals surface area (Å²) in [5.41, 5.74) is 0.156. The topological polar surface area (TPSA) is 51.2 Å². The highest BCUT2D eigenvalue weighted by Crippen LogP contribution is 2.27.